The van der Waals surface area contributed by atoms with Crippen molar-refractivity contribution in [1.82, 2.24) is 4.90 Å². The second kappa shape index (κ2) is 10.5. The fourth-order valence-electron chi connectivity index (χ4n) is 4.49. The van der Waals surface area contributed by atoms with E-state index in [9.17, 15) is 22.8 Å². The predicted molar refractivity (Wildman–Crippen MR) is 143 cm³/mol. The molecule has 0 spiro atoms. The minimum Gasteiger partial charge on any atom is -0.368 e. The lowest BCUT2D eigenvalue weighted by molar-refractivity contribution is -0.137. The van der Waals surface area contributed by atoms with Crippen molar-refractivity contribution in [2.75, 3.05) is 41.7 Å². The second-order valence-corrected chi connectivity index (χ2v) is 9.05. The number of halogens is 3. The van der Waals surface area contributed by atoms with Crippen LogP contribution in [0.1, 0.15) is 15.9 Å². The van der Waals surface area contributed by atoms with Crippen LogP contribution in [-0.4, -0.2) is 43.0 Å². The van der Waals surface area contributed by atoms with Gasteiger partial charge in [-0.05, 0) is 65.4 Å². The highest BCUT2D eigenvalue weighted by atomic mass is 19.4. The van der Waals surface area contributed by atoms with E-state index in [-0.39, 0.29) is 11.6 Å². The largest absolute Gasteiger partial charge is 0.416 e. The Morgan fingerprint density at radius 3 is 2.08 bits per heavy atom. The van der Waals surface area contributed by atoms with Gasteiger partial charge in [-0.2, -0.15) is 13.2 Å². The minimum atomic E-state index is -4.49. The Morgan fingerprint density at radius 2 is 1.37 bits per heavy atom. The van der Waals surface area contributed by atoms with E-state index in [1.165, 1.54) is 12.1 Å². The van der Waals surface area contributed by atoms with Gasteiger partial charge in [0.2, 0.25) is 0 Å². The molecule has 5 rings (SSSR count). The van der Waals surface area contributed by atoms with E-state index in [4.69, 9.17) is 0 Å². The van der Waals surface area contributed by atoms with Crippen molar-refractivity contribution in [2.24, 2.45) is 0 Å². The number of carbonyl (C=O) groups is 2. The maximum atomic E-state index is 13.0. The summed E-state index contributed by atoms with van der Waals surface area (Å²) >= 11 is 0. The van der Waals surface area contributed by atoms with Crippen LogP contribution in [0.15, 0.2) is 91.0 Å². The van der Waals surface area contributed by atoms with Gasteiger partial charge < -0.3 is 20.4 Å². The van der Waals surface area contributed by atoms with E-state index in [1.54, 1.807) is 12.1 Å². The molecule has 1 heterocycles. The van der Waals surface area contributed by atoms with Crippen LogP contribution in [-0.2, 0) is 6.18 Å². The van der Waals surface area contributed by atoms with E-state index in [2.05, 4.69) is 15.5 Å². The molecule has 0 aliphatic carbocycles. The Hall–Kier alpha value is -4.53. The highest BCUT2D eigenvalue weighted by molar-refractivity contribution is 6.00. The summed E-state index contributed by atoms with van der Waals surface area (Å²) in [5.74, 6) is 0.0155. The van der Waals surface area contributed by atoms with Crippen molar-refractivity contribution in [2.45, 2.75) is 6.18 Å². The molecule has 1 aliphatic rings. The van der Waals surface area contributed by atoms with Crippen molar-refractivity contribution in [3.8, 4) is 0 Å². The van der Waals surface area contributed by atoms with E-state index in [0.717, 1.165) is 28.6 Å². The molecule has 0 radical (unpaired) electrons. The molecule has 2 N–H and O–H groups in total. The number of piperazine rings is 1. The average Bonchev–Trinajstić information content (AvgIpc) is 2.92. The number of nitrogens with zero attached hydrogens (tertiary/aromatic N) is 2. The molecule has 4 aromatic carbocycles. The summed E-state index contributed by atoms with van der Waals surface area (Å²) in [6.45, 7) is 2.51. The molecule has 0 atom stereocenters. The minimum absolute atomic E-state index is 0.0155. The first-order valence-corrected chi connectivity index (χ1v) is 12.1. The molecule has 1 aliphatic heterocycles. The molecule has 1 fully saturated rings. The number of fused-ring (bicyclic) bond motifs is 1. The molecule has 3 amide bonds. The summed E-state index contributed by atoms with van der Waals surface area (Å²) in [6, 6.07) is 24.7. The number of carbonyl (C=O) groups excluding carboxylic acids is 2. The lowest BCUT2D eigenvalue weighted by Gasteiger charge is -2.36. The van der Waals surface area contributed by atoms with Crippen molar-refractivity contribution in [1.29, 1.82) is 0 Å². The van der Waals surface area contributed by atoms with Gasteiger partial charge in [-0.25, -0.2) is 4.79 Å². The lowest BCUT2D eigenvalue weighted by atomic mass is 10.1. The standard InChI is InChI=1S/C29H25F3N4O2/c30-29(31,32)23-6-3-7-25(19-23)34-28(38)33-24-10-12-26(13-11-24)35-14-16-36(17-15-35)27(37)22-9-8-20-4-1-2-5-21(20)18-22/h1-13,18-19H,14-17H2,(H2,33,34,38). The Bertz CT molecular complexity index is 1460. The fourth-order valence-corrected chi connectivity index (χ4v) is 4.49. The maximum Gasteiger partial charge on any atom is 0.416 e. The molecular formula is C29H25F3N4O2. The van der Waals surface area contributed by atoms with Crippen molar-refractivity contribution in [3.05, 3.63) is 102 Å². The molecule has 0 aromatic heterocycles. The van der Waals surface area contributed by atoms with Gasteiger partial charge in [-0.3, -0.25) is 4.79 Å². The number of alkyl halides is 3. The highest BCUT2D eigenvalue weighted by Gasteiger charge is 2.30. The first-order valence-electron chi connectivity index (χ1n) is 12.1. The van der Waals surface area contributed by atoms with Crippen LogP contribution in [0.5, 0.6) is 0 Å². The van der Waals surface area contributed by atoms with Crippen LogP contribution in [0, 0.1) is 0 Å². The summed E-state index contributed by atoms with van der Waals surface area (Å²) in [5.41, 5.74) is 1.34. The van der Waals surface area contributed by atoms with Crippen molar-refractivity contribution in [3.63, 3.8) is 0 Å². The number of anilines is 3. The monoisotopic (exact) mass is 518 g/mol. The third-order valence-electron chi connectivity index (χ3n) is 6.50. The average molecular weight is 519 g/mol. The number of hydrogen-bond acceptors (Lipinski definition) is 3. The number of nitrogens with one attached hydrogen (secondary N) is 2. The lowest BCUT2D eigenvalue weighted by Crippen LogP contribution is -2.48. The maximum absolute atomic E-state index is 13.0. The van der Waals surface area contributed by atoms with Gasteiger partial charge in [-0.1, -0.05) is 36.4 Å². The van der Waals surface area contributed by atoms with E-state index in [0.29, 0.717) is 37.4 Å². The van der Waals surface area contributed by atoms with Crippen LogP contribution in [0.3, 0.4) is 0 Å². The molecule has 0 unspecified atom stereocenters. The van der Waals surface area contributed by atoms with Gasteiger partial charge in [0, 0.05) is 48.8 Å². The fraction of sp³-hybridized carbons (Fsp3) is 0.172. The Labute approximate surface area is 217 Å². The molecule has 38 heavy (non-hydrogen) atoms. The van der Waals surface area contributed by atoms with E-state index in [1.807, 2.05) is 59.5 Å². The molecule has 6 nitrogen and oxygen atoms in total. The summed E-state index contributed by atoms with van der Waals surface area (Å²) in [4.78, 5) is 29.3. The molecular weight excluding hydrogens is 493 g/mol. The van der Waals surface area contributed by atoms with Gasteiger partial charge in [0.25, 0.3) is 5.91 Å². The van der Waals surface area contributed by atoms with Crippen LogP contribution >= 0.6 is 0 Å². The third-order valence-corrected chi connectivity index (χ3v) is 6.50. The molecule has 1 saturated heterocycles. The SMILES string of the molecule is O=C(Nc1ccc(N2CCN(C(=O)c3ccc4ccccc4c3)CC2)cc1)Nc1cccc(C(F)(F)F)c1. The van der Waals surface area contributed by atoms with Gasteiger partial charge in [0.15, 0.2) is 0 Å². The zero-order chi connectivity index (χ0) is 26.7. The quantitative estimate of drug-likeness (QED) is 0.326. The van der Waals surface area contributed by atoms with Crippen molar-refractivity contribution < 1.29 is 22.8 Å². The number of urea groups is 1. The number of amides is 3. The number of rotatable bonds is 4. The van der Waals surface area contributed by atoms with Crippen LogP contribution in [0.4, 0.5) is 35.0 Å². The van der Waals surface area contributed by atoms with Crippen LogP contribution in [0.2, 0.25) is 0 Å². The zero-order valence-electron chi connectivity index (χ0n) is 20.3. The molecule has 194 valence electrons. The molecule has 4 aromatic rings. The van der Waals surface area contributed by atoms with Gasteiger partial charge in [0.05, 0.1) is 5.56 Å². The summed E-state index contributed by atoms with van der Waals surface area (Å²) in [5, 5.41) is 7.18. The smallest absolute Gasteiger partial charge is 0.368 e. The number of hydrogen-bond donors (Lipinski definition) is 2. The molecule has 0 bridgehead atoms. The molecule has 9 heteroatoms. The third kappa shape index (κ3) is 5.72. The first-order chi connectivity index (χ1) is 18.3. The topological polar surface area (TPSA) is 64.7 Å². The van der Waals surface area contributed by atoms with E-state index < -0.39 is 17.8 Å². The second-order valence-electron chi connectivity index (χ2n) is 9.05. The van der Waals surface area contributed by atoms with Gasteiger partial charge in [0.1, 0.15) is 0 Å². The zero-order valence-corrected chi connectivity index (χ0v) is 20.3. The van der Waals surface area contributed by atoms with E-state index >= 15 is 0 Å². The van der Waals surface area contributed by atoms with Crippen molar-refractivity contribution >= 4 is 39.8 Å². The summed E-state index contributed by atoms with van der Waals surface area (Å²) < 4.78 is 38.6. The predicted octanol–water partition coefficient (Wildman–Crippen LogP) is 6.47. The molecule has 0 saturated carbocycles. The van der Waals surface area contributed by atoms with Crippen LogP contribution < -0.4 is 15.5 Å². The summed E-state index contributed by atoms with van der Waals surface area (Å²) in [7, 11) is 0. The highest BCUT2D eigenvalue weighted by Crippen LogP contribution is 2.30. The van der Waals surface area contributed by atoms with Gasteiger partial charge >= 0.3 is 12.2 Å². The Morgan fingerprint density at radius 1 is 0.684 bits per heavy atom. The Balaban J connectivity index is 1.15. The normalized spacial score (nSPS) is 13.9. The van der Waals surface area contributed by atoms with Crippen LogP contribution in [0.25, 0.3) is 10.8 Å². The summed E-state index contributed by atoms with van der Waals surface area (Å²) in [6.07, 6.45) is -4.49. The number of benzene rings is 4. The Kier molecular flexibility index (Phi) is 6.91. The van der Waals surface area contributed by atoms with Gasteiger partial charge in [-0.15, -0.1) is 0 Å². The first kappa shape index (κ1) is 25.1.